The summed E-state index contributed by atoms with van der Waals surface area (Å²) in [4.78, 5) is 0.0117. The number of hydrogen-bond donors (Lipinski definition) is 0. The van der Waals surface area contributed by atoms with Crippen molar-refractivity contribution in [3.63, 3.8) is 0 Å². The first-order valence-electron chi connectivity index (χ1n) is 6.54. The SMILES string of the molecule is [2H]C([2H])(/C=C\C[Si](C)(C)C)S(=O)(=O)c1ccccc1. The molecule has 0 atom stereocenters. The summed E-state index contributed by atoms with van der Waals surface area (Å²) in [5.41, 5.74) is -2.37. The van der Waals surface area contributed by atoms with Gasteiger partial charge < -0.3 is 0 Å². The lowest BCUT2D eigenvalue weighted by Gasteiger charge is -2.11. The zero-order valence-electron chi connectivity index (χ0n) is 12.5. The second kappa shape index (κ2) is 5.64. The summed E-state index contributed by atoms with van der Waals surface area (Å²) in [7, 11) is -5.34. The Hall–Kier alpha value is -0.873. The van der Waals surface area contributed by atoms with Crippen molar-refractivity contribution in [3.05, 3.63) is 42.5 Å². The maximum atomic E-state index is 12.2. The maximum Gasteiger partial charge on any atom is 0.181 e. The van der Waals surface area contributed by atoms with E-state index in [1.807, 2.05) is 0 Å². The molecule has 0 spiro atoms. The van der Waals surface area contributed by atoms with Crippen LogP contribution in [-0.2, 0) is 9.84 Å². The normalized spacial score (nSPS) is 15.7. The quantitative estimate of drug-likeness (QED) is 0.607. The van der Waals surface area contributed by atoms with Gasteiger partial charge in [0.1, 0.15) is 0 Å². The fourth-order valence-corrected chi connectivity index (χ4v) is 2.97. The summed E-state index contributed by atoms with van der Waals surface area (Å²) in [6, 6.07) is 8.48. The molecule has 1 aromatic rings. The highest BCUT2D eigenvalue weighted by molar-refractivity contribution is 7.91. The topological polar surface area (TPSA) is 34.1 Å². The predicted octanol–water partition coefficient (Wildman–Crippen LogP) is 3.35. The van der Waals surface area contributed by atoms with Gasteiger partial charge in [0.15, 0.2) is 9.84 Å². The van der Waals surface area contributed by atoms with Crippen molar-refractivity contribution < 1.29 is 11.2 Å². The molecule has 0 fully saturated rings. The van der Waals surface area contributed by atoms with E-state index in [0.717, 1.165) is 6.04 Å². The first-order chi connectivity index (χ1) is 8.56. The van der Waals surface area contributed by atoms with Gasteiger partial charge in [-0.05, 0) is 18.2 Å². The van der Waals surface area contributed by atoms with Gasteiger partial charge in [0.2, 0.25) is 0 Å². The Kier molecular flexibility index (Phi) is 3.73. The lowest BCUT2D eigenvalue weighted by Crippen LogP contribution is -2.17. The Morgan fingerprint density at radius 3 is 2.29 bits per heavy atom. The molecule has 0 bridgehead atoms. The molecule has 0 saturated carbocycles. The van der Waals surface area contributed by atoms with E-state index in [4.69, 9.17) is 2.74 Å². The highest BCUT2D eigenvalue weighted by atomic mass is 32.2. The van der Waals surface area contributed by atoms with Gasteiger partial charge in [0.25, 0.3) is 0 Å². The molecule has 0 unspecified atom stereocenters. The molecule has 0 heterocycles. The van der Waals surface area contributed by atoms with Gasteiger partial charge in [-0.3, -0.25) is 0 Å². The molecule has 0 saturated heterocycles. The number of hydrogen-bond acceptors (Lipinski definition) is 2. The van der Waals surface area contributed by atoms with Gasteiger partial charge in [-0.25, -0.2) is 8.42 Å². The average Bonchev–Trinajstić information content (AvgIpc) is 2.28. The molecule has 0 N–H and O–H groups in total. The minimum absolute atomic E-state index is 0.0117. The average molecular weight is 270 g/mol. The molecule has 0 aliphatic heterocycles. The van der Waals surface area contributed by atoms with Crippen molar-refractivity contribution in [2.24, 2.45) is 0 Å². The number of allylic oxidation sites excluding steroid dienone is 1. The zero-order valence-corrected chi connectivity index (χ0v) is 12.3. The molecule has 0 radical (unpaired) electrons. The van der Waals surface area contributed by atoms with Gasteiger partial charge >= 0.3 is 0 Å². The van der Waals surface area contributed by atoms with E-state index >= 15 is 0 Å². The van der Waals surface area contributed by atoms with Gasteiger partial charge in [-0.2, -0.15) is 0 Å². The van der Waals surface area contributed by atoms with Crippen LogP contribution in [0.2, 0.25) is 25.7 Å². The Labute approximate surface area is 108 Å². The summed E-state index contributed by atoms with van der Waals surface area (Å²) in [6.45, 7) is 6.45. The van der Waals surface area contributed by atoms with E-state index in [9.17, 15) is 8.42 Å². The van der Waals surface area contributed by atoms with Crippen LogP contribution in [0, 0.1) is 0 Å². The molecule has 2 nitrogen and oxygen atoms in total. The van der Waals surface area contributed by atoms with Crippen LogP contribution in [0.5, 0.6) is 0 Å². The molecule has 0 aliphatic carbocycles. The van der Waals surface area contributed by atoms with Crippen molar-refractivity contribution in [1.29, 1.82) is 0 Å². The minimum Gasteiger partial charge on any atom is -0.223 e. The van der Waals surface area contributed by atoms with E-state index in [1.54, 1.807) is 24.3 Å². The predicted molar refractivity (Wildman–Crippen MR) is 75.8 cm³/mol. The van der Waals surface area contributed by atoms with Crippen molar-refractivity contribution in [1.82, 2.24) is 0 Å². The summed E-state index contributed by atoms with van der Waals surface area (Å²) < 4.78 is 40.0. The van der Waals surface area contributed by atoms with E-state index in [-0.39, 0.29) is 4.90 Å². The smallest absolute Gasteiger partial charge is 0.181 e. The number of benzene rings is 1. The number of sulfone groups is 1. The van der Waals surface area contributed by atoms with Crippen LogP contribution in [0.1, 0.15) is 2.74 Å². The Balaban J connectivity index is 3.00. The van der Waals surface area contributed by atoms with Gasteiger partial charge in [-0.15, -0.1) is 0 Å². The van der Waals surface area contributed by atoms with Crippen molar-refractivity contribution in [3.8, 4) is 0 Å². The van der Waals surface area contributed by atoms with E-state index < -0.39 is 23.6 Å². The lowest BCUT2D eigenvalue weighted by atomic mass is 10.4. The van der Waals surface area contributed by atoms with Crippen LogP contribution in [0.4, 0.5) is 0 Å². The third-order valence-corrected chi connectivity index (χ3v) is 4.92. The summed E-state index contributed by atoms with van der Waals surface area (Å²) >= 11 is 0. The summed E-state index contributed by atoms with van der Waals surface area (Å²) in [5.74, 6) is 0. The summed E-state index contributed by atoms with van der Waals surface area (Å²) in [5, 5.41) is 0. The van der Waals surface area contributed by atoms with Gasteiger partial charge in [0.05, 0.1) is 10.6 Å². The van der Waals surface area contributed by atoms with Crippen molar-refractivity contribution in [2.45, 2.75) is 30.6 Å². The highest BCUT2D eigenvalue weighted by Crippen LogP contribution is 2.12. The molecule has 1 rings (SSSR count). The van der Waals surface area contributed by atoms with Gasteiger partial charge in [0, 0.05) is 10.8 Å². The molecule has 0 aromatic heterocycles. The van der Waals surface area contributed by atoms with Crippen LogP contribution < -0.4 is 0 Å². The first kappa shape index (κ1) is 11.2. The third kappa shape index (κ3) is 5.32. The Bertz CT molecular complexity index is 546. The fourth-order valence-electron chi connectivity index (χ4n) is 1.22. The fraction of sp³-hybridized carbons (Fsp3) is 0.385. The van der Waals surface area contributed by atoms with Crippen molar-refractivity contribution in [2.75, 3.05) is 5.70 Å². The van der Waals surface area contributed by atoms with E-state index in [2.05, 4.69) is 19.6 Å². The molecular formula is C13H20O2SSi. The largest absolute Gasteiger partial charge is 0.223 e. The Morgan fingerprint density at radius 2 is 1.76 bits per heavy atom. The zero-order chi connectivity index (χ0) is 14.7. The third-order valence-electron chi connectivity index (χ3n) is 2.12. The van der Waals surface area contributed by atoms with Crippen LogP contribution in [-0.4, -0.2) is 22.2 Å². The minimum atomic E-state index is -3.99. The molecule has 0 amide bonds. The highest BCUT2D eigenvalue weighted by Gasteiger charge is 2.12. The monoisotopic (exact) mass is 270 g/mol. The molecule has 17 heavy (non-hydrogen) atoms. The maximum absolute atomic E-state index is 12.2. The van der Waals surface area contributed by atoms with Crippen molar-refractivity contribution >= 4 is 17.9 Å². The standard InChI is InChI=1S/C13H20O2SSi/c1-17(2,3)12-8-7-11-16(14,15)13-9-5-4-6-10-13/h4-10H,11-12H2,1-3H3/b8-7-/i11D2. The van der Waals surface area contributed by atoms with Gasteiger partial charge in [-0.1, -0.05) is 50.0 Å². The van der Waals surface area contributed by atoms with Crippen LogP contribution >= 0.6 is 0 Å². The van der Waals surface area contributed by atoms with Crippen LogP contribution in [0.15, 0.2) is 47.4 Å². The van der Waals surface area contributed by atoms with Crippen LogP contribution in [0.3, 0.4) is 0 Å². The second-order valence-corrected chi connectivity index (χ2v) is 12.3. The van der Waals surface area contributed by atoms with E-state index in [0.29, 0.717) is 0 Å². The number of rotatable bonds is 5. The molecule has 0 aliphatic rings. The molecule has 4 heteroatoms. The second-order valence-electron chi connectivity index (χ2n) is 5.10. The first-order valence-corrected chi connectivity index (χ1v) is 10.7. The lowest BCUT2D eigenvalue weighted by molar-refractivity contribution is 0.599. The Morgan fingerprint density at radius 1 is 1.18 bits per heavy atom. The summed E-state index contributed by atoms with van der Waals surface area (Å²) in [6.07, 6.45) is 2.83. The molecule has 94 valence electrons. The van der Waals surface area contributed by atoms with E-state index in [1.165, 1.54) is 18.2 Å². The molecule has 1 aromatic carbocycles. The molecular weight excluding hydrogens is 248 g/mol. The van der Waals surface area contributed by atoms with Crippen LogP contribution in [0.25, 0.3) is 0 Å².